The highest BCUT2D eigenvalue weighted by Gasteiger charge is 2.23. The van der Waals surface area contributed by atoms with Gasteiger partial charge in [0.1, 0.15) is 0 Å². The van der Waals surface area contributed by atoms with Crippen molar-refractivity contribution in [2.45, 2.75) is 22.6 Å². The van der Waals surface area contributed by atoms with Gasteiger partial charge in [-0.15, -0.1) is 11.8 Å². The summed E-state index contributed by atoms with van der Waals surface area (Å²) in [6, 6.07) is 4.74. The van der Waals surface area contributed by atoms with Gasteiger partial charge in [0.25, 0.3) is 0 Å². The first kappa shape index (κ1) is 18.2. The molecule has 25 heavy (non-hydrogen) atoms. The minimum atomic E-state index is -3.60. The van der Waals surface area contributed by atoms with Crippen LogP contribution in [0, 0.1) is 0 Å². The van der Waals surface area contributed by atoms with Gasteiger partial charge in [0.05, 0.1) is 29.5 Å². The molecule has 136 valence electrons. The van der Waals surface area contributed by atoms with Crippen LogP contribution in [0.15, 0.2) is 28.0 Å². The maximum atomic E-state index is 12.6. The number of fused-ring (bicyclic) bond motifs is 1. The van der Waals surface area contributed by atoms with Crippen LogP contribution in [0.25, 0.3) is 0 Å². The first-order valence-corrected chi connectivity index (χ1v) is 10.7. The van der Waals surface area contributed by atoms with E-state index in [4.69, 9.17) is 4.74 Å². The summed E-state index contributed by atoms with van der Waals surface area (Å²) in [5.41, 5.74) is 0.521. The molecule has 1 saturated heterocycles. The van der Waals surface area contributed by atoms with E-state index in [0.717, 1.165) is 4.90 Å². The highest BCUT2D eigenvalue weighted by atomic mass is 32.2. The Morgan fingerprint density at radius 1 is 1.28 bits per heavy atom. The van der Waals surface area contributed by atoms with Crippen molar-refractivity contribution >= 4 is 39.1 Å². The predicted octanol–water partition coefficient (Wildman–Crippen LogP) is 1.14. The number of benzene rings is 1. The molecular formula is C16H20N2O5S2. The van der Waals surface area contributed by atoms with Crippen molar-refractivity contribution in [2.75, 3.05) is 43.1 Å². The van der Waals surface area contributed by atoms with Crippen LogP contribution in [0.2, 0.25) is 0 Å². The van der Waals surface area contributed by atoms with Crippen molar-refractivity contribution < 1.29 is 22.7 Å². The molecule has 0 aromatic heterocycles. The summed E-state index contributed by atoms with van der Waals surface area (Å²) < 4.78 is 30.3. The summed E-state index contributed by atoms with van der Waals surface area (Å²) in [6.45, 7) is 1.98. The van der Waals surface area contributed by atoms with Crippen molar-refractivity contribution in [2.24, 2.45) is 0 Å². The summed E-state index contributed by atoms with van der Waals surface area (Å²) in [4.78, 5) is 26.4. The van der Waals surface area contributed by atoms with Crippen LogP contribution in [-0.2, 0) is 24.2 Å². The second-order valence-electron chi connectivity index (χ2n) is 5.87. The maximum absolute atomic E-state index is 12.6. The zero-order valence-corrected chi connectivity index (χ0v) is 15.3. The lowest BCUT2D eigenvalue weighted by Gasteiger charge is -2.26. The van der Waals surface area contributed by atoms with Gasteiger partial charge in [0, 0.05) is 36.6 Å². The van der Waals surface area contributed by atoms with E-state index in [1.807, 2.05) is 0 Å². The Balaban J connectivity index is 1.69. The van der Waals surface area contributed by atoms with Crippen molar-refractivity contribution in [3.63, 3.8) is 0 Å². The van der Waals surface area contributed by atoms with E-state index in [1.165, 1.54) is 23.9 Å². The number of hydrogen-bond acceptors (Lipinski definition) is 6. The SMILES string of the molecule is O=C1CCSc2ccc(S(=O)(=O)CCC(=O)N3CCOCC3)cc2N1. The zero-order valence-electron chi connectivity index (χ0n) is 13.7. The molecule has 1 aromatic carbocycles. The Morgan fingerprint density at radius 3 is 2.80 bits per heavy atom. The molecule has 9 heteroatoms. The minimum absolute atomic E-state index is 0.0550. The van der Waals surface area contributed by atoms with Gasteiger partial charge in [-0.3, -0.25) is 9.59 Å². The molecular weight excluding hydrogens is 364 g/mol. The van der Waals surface area contributed by atoms with Crippen molar-refractivity contribution in [1.29, 1.82) is 0 Å². The van der Waals surface area contributed by atoms with Crippen LogP contribution in [0.5, 0.6) is 0 Å². The first-order chi connectivity index (χ1) is 12.0. The molecule has 3 rings (SSSR count). The molecule has 0 aliphatic carbocycles. The van der Waals surface area contributed by atoms with Crippen molar-refractivity contribution in [3.8, 4) is 0 Å². The topological polar surface area (TPSA) is 92.8 Å². The van der Waals surface area contributed by atoms with E-state index in [-0.39, 0.29) is 28.9 Å². The molecule has 0 unspecified atom stereocenters. The Kier molecular flexibility index (Phi) is 5.65. The highest BCUT2D eigenvalue weighted by molar-refractivity contribution is 7.99. The van der Waals surface area contributed by atoms with Gasteiger partial charge in [-0.25, -0.2) is 8.42 Å². The molecule has 0 bridgehead atoms. The van der Waals surface area contributed by atoms with Gasteiger partial charge in [-0.05, 0) is 18.2 Å². The number of morpholine rings is 1. The lowest BCUT2D eigenvalue weighted by Crippen LogP contribution is -2.41. The average molecular weight is 384 g/mol. The van der Waals surface area contributed by atoms with E-state index in [1.54, 1.807) is 11.0 Å². The fourth-order valence-electron chi connectivity index (χ4n) is 2.70. The van der Waals surface area contributed by atoms with E-state index in [0.29, 0.717) is 44.2 Å². The Labute approximate surface area is 151 Å². The van der Waals surface area contributed by atoms with Crippen molar-refractivity contribution in [3.05, 3.63) is 18.2 Å². The second kappa shape index (κ2) is 7.76. The minimum Gasteiger partial charge on any atom is -0.378 e. The van der Waals surface area contributed by atoms with E-state index >= 15 is 0 Å². The number of carbonyl (C=O) groups excluding carboxylic acids is 2. The van der Waals surface area contributed by atoms with Gasteiger partial charge in [-0.1, -0.05) is 0 Å². The second-order valence-corrected chi connectivity index (χ2v) is 9.11. The predicted molar refractivity (Wildman–Crippen MR) is 94.5 cm³/mol. The Hall–Kier alpha value is -1.58. The number of anilines is 1. The number of rotatable bonds is 4. The van der Waals surface area contributed by atoms with Crippen LogP contribution in [0.1, 0.15) is 12.8 Å². The third-order valence-corrected chi connectivity index (χ3v) is 6.91. The number of thioether (sulfide) groups is 1. The van der Waals surface area contributed by atoms with Gasteiger partial charge in [0.15, 0.2) is 9.84 Å². The molecule has 0 atom stereocenters. The van der Waals surface area contributed by atoms with Crippen LogP contribution in [-0.4, -0.2) is 62.9 Å². The van der Waals surface area contributed by atoms with Gasteiger partial charge < -0.3 is 15.0 Å². The summed E-state index contributed by atoms with van der Waals surface area (Å²) in [5.74, 6) is 0.121. The van der Waals surface area contributed by atoms with Crippen LogP contribution in [0.3, 0.4) is 0 Å². The third-order valence-electron chi connectivity index (χ3n) is 4.12. The molecule has 2 heterocycles. The quantitative estimate of drug-likeness (QED) is 0.837. The highest BCUT2D eigenvalue weighted by Crippen LogP contribution is 2.32. The molecule has 7 nitrogen and oxygen atoms in total. The molecule has 2 aliphatic rings. The Bertz CT molecular complexity index is 773. The Morgan fingerprint density at radius 2 is 2.04 bits per heavy atom. The summed E-state index contributed by atoms with van der Waals surface area (Å²) in [7, 11) is -3.60. The molecule has 2 aliphatic heterocycles. The molecule has 0 spiro atoms. The summed E-state index contributed by atoms with van der Waals surface area (Å²) in [5, 5.41) is 2.74. The van der Waals surface area contributed by atoms with Gasteiger partial charge >= 0.3 is 0 Å². The number of hydrogen-bond donors (Lipinski definition) is 1. The molecule has 2 amide bonds. The smallest absolute Gasteiger partial charge is 0.225 e. The van der Waals surface area contributed by atoms with E-state index in [2.05, 4.69) is 5.32 Å². The molecule has 0 radical (unpaired) electrons. The first-order valence-electron chi connectivity index (χ1n) is 8.11. The fraction of sp³-hybridized carbons (Fsp3) is 0.500. The molecule has 1 N–H and O–H groups in total. The maximum Gasteiger partial charge on any atom is 0.225 e. The largest absolute Gasteiger partial charge is 0.378 e. The van der Waals surface area contributed by atoms with Crippen LogP contribution < -0.4 is 5.32 Å². The fourth-order valence-corrected chi connectivity index (χ4v) is 4.89. The van der Waals surface area contributed by atoms with Crippen LogP contribution >= 0.6 is 11.8 Å². The number of amides is 2. The number of sulfone groups is 1. The summed E-state index contributed by atoms with van der Waals surface area (Å²) in [6.07, 6.45) is 0.343. The average Bonchev–Trinajstić information content (AvgIpc) is 2.80. The molecule has 1 fully saturated rings. The van der Waals surface area contributed by atoms with Gasteiger partial charge in [0.2, 0.25) is 11.8 Å². The number of carbonyl (C=O) groups is 2. The monoisotopic (exact) mass is 384 g/mol. The van der Waals surface area contributed by atoms with Crippen molar-refractivity contribution in [1.82, 2.24) is 4.90 Å². The van der Waals surface area contributed by atoms with E-state index in [9.17, 15) is 18.0 Å². The lowest BCUT2D eigenvalue weighted by molar-refractivity contribution is -0.134. The number of ether oxygens (including phenoxy) is 1. The molecule has 0 saturated carbocycles. The number of nitrogens with one attached hydrogen (secondary N) is 1. The third kappa shape index (κ3) is 4.53. The van der Waals surface area contributed by atoms with E-state index < -0.39 is 9.84 Å². The summed E-state index contributed by atoms with van der Waals surface area (Å²) >= 11 is 1.52. The molecule has 1 aromatic rings. The lowest BCUT2D eigenvalue weighted by atomic mass is 10.3. The zero-order chi connectivity index (χ0) is 17.9. The number of nitrogens with zero attached hydrogens (tertiary/aromatic N) is 1. The standard InChI is InChI=1S/C16H20N2O5S2/c19-15-3-9-24-14-2-1-12(11-13(14)17-15)25(21,22)10-4-16(20)18-5-7-23-8-6-18/h1-2,11H,3-10H2,(H,17,19). The van der Waals surface area contributed by atoms with Gasteiger partial charge in [-0.2, -0.15) is 0 Å². The van der Waals surface area contributed by atoms with Crippen LogP contribution in [0.4, 0.5) is 5.69 Å². The normalized spacial score (nSPS) is 18.2.